The molecule has 1 aromatic heterocycles. The number of anilines is 1. The first-order valence-corrected chi connectivity index (χ1v) is 6.28. The fraction of sp³-hybridized carbons (Fsp3) is 0.286. The Morgan fingerprint density at radius 2 is 1.86 bits per heavy atom. The van der Waals surface area contributed by atoms with Gasteiger partial charge in [-0.15, -0.1) is 0 Å². The van der Waals surface area contributed by atoms with Crippen LogP contribution in [0.25, 0.3) is 0 Å². The van der Waals surface area contributed by atoms with Gasteiger partial charge in [0.05, 0.1) is 12.7 Å². The third kappa shape index (κ3) is 3.73. The minimum absolute atomic E-state index is 0.0145. The highest BCUT2D eigenvalue weighted by atomic mass is 16.5. The summed E-state index contributed by atoms with van der Waals surface area (Å²) in [6, 6.07) is 6.20. The van der Waals surface area contributed by atoms with Crippen molar-refractivity contribution in [3.8, 4) is 17.4 Å². The standard InChI is InChI=1S/C14H17N3O4/c1-20-8-13-16-12(6-14(17-13)21-2)15-7-9-10(18)4-3-5-11(9)19/h3-6,18-19H,7-8H2,1-2H3,(H,15,16,17). The van der Waals surface area contributed by atoms with Gasteiger partial charge in [0.1, 0.15) is 23.9 Å². The summed E-state index contributed by atoms with van der Waals surface area (Å²) >= 11 is 0. The first-order chi connectivity index (χ1) is 10.1. The molecule has 0 bridgehead atoms. The zero-order valence-electron chi connectivity index (χ0n) is 11.8. The van der Waals surface area contributed by atoms with Gasteiger partial charge in [0.2, 0.25) is 5.88 Å². The lowest BCUT2D eigenvalue weighted by molar-refractivity contribution is 0.177. The molecule has 1 heterocycles. The number of nitrogens with one attached hydrogen (secondary N) is 1. The van der Waals surface area contributed by atoms with E-state index in [2.05, 4.69) is 15.3 Å². The molecule has 0 aliphatic heterocycles. The second kappa shape index (κ2) is 6.76. The van der Waals surface area contributed by atoms with E-state index in [9.17, 15) is 10.2 Å². The van der Waals surface area contributed by atoms with Crippen LogP contribution in [-0.2, 0) is 17.9 Å². The third-order valence-corrected chi connectivity index (χ3v) is 2.80. The fourth-order valence-corrected chi connectivity index (χ4v) is 1.78. The van der Waals surface area contributed by atoms with Gasteiger partial charge < -0.3 is 25.0 Å². The van der Waals surface area contributed by atoms with Crippen LogP contribution in [0.5, 0.6) is 17.4 Å². The zero-order chi connectivity index (χ0) is 15.2. The van der Waals surface area contributed by atoms with Crippen LogP contribution in [0.4, 0.5) is 5.82 Å². The van der Waals surface area contributed by atoms with Crippen molar-refractivity contribution in [2.24, 2.45) is 0 Å². The molecule has 0 fully saturated rings. The first-order valence-electron chi connectivity index (χ1n) is 6.28. The van der Waals surface area contributed by atoms with Crippen LogP contribution >= 0.6 is 0 Å². The molecule has 7 heteroatoms. The third-order valence-electron chi connectivity index (χ3n) is 2.80. The van der Waals surface area contributed by atoms with Crippen molar-refractivity contribution in [1.82, 2.24) is 9.97 Å². The number of benzene rings is 1. The molecule has 0 saturated carbocycles. The number of aromatic nitrogens is 2. The van der Waals surface area contributed by atoms with Gasteiger partial charge in [-0.1, -0.05) is 6.07 Å². The highest BCUT2D eigenvalue weighted by Gasteiger charge is 2.09. The van der Waals surface area contributed by atoms with Crippen molar-refractivity contribution in [1.29, 1.82) is 0 Å². The van der Waals surface area contributed by atoms with Crippen molar-refractivity contribution >= 4 is 5.82 Å². The maximum Gasteiger partial charge on any atom is 0.218 e. The molecule has 7 nitrogen and oxygen atoms in total. The van der Waals surface area contributed by atoms with E-state index in [1.54, 1.807) is 19.2 Å². The summed E-state index contributed by atoms with van der Waals surface area (Å²) in [6.07, 6.45) is 0. The van der Waals surface area contributed by atoms with Crippen LogP contribution in [0.15, 0.2) is 24.3 Å². The van der Waals surface area contributed by atoms with Gasteiger partial charge >= 0.3 is 0 Å². The number of hydrogen-bond donors (Lipinski definition) is 3. The molecule has 0 aliphatic rings. The molecule has 2 rings (SSSR count). The van der Waals surface area contributed by atoms with E-state index in [4.69, 9.17) is 9.47 Å². The van der Waals surface area contributed by atoms with Gasteiger partial charge in [-0.25, -0.2) is 4.98 Å². The average molecular weight is 291 g/mol. The molecule has 112 valence electrons. The van der Waals surface area contributed by atoms with E-state index in [1.807, 2.05) is 0 Å². The largest absolute Gasteiger partial charge is 0.507 e. The molecule has 0 radical (unpaired) electrons. The quantitative estimate of drug-likeness (QED) is 0.744. The number of rotatable bonds is 6. The van der Waals surface area contributed by atoms with E-state index < -0.39 is 0 Å². The highest BCUT2D eigenvalue weighted by Crippen LogP contribution is 2.27. The number of phenols is 2. The smallest absolute Gasteiger partial charge is 0.218 e. The normalized spacial score (nSPS) is 10.4. The number of aromatic hydroxyl groups is 2. The molecule has 0 spiro atoms. The molecule has 0 aliphatic carbocycles. The lowest BCUT2D eigenvalue weighted by atomic mass is 10.2. The molecule has 3 N–H and O–H groups in total. The number of hydrogen-bond acceptors (Lipinski definition) is 7. The van der Waals surface area contributed by atoms with Crippen molar-refractivity contribution < 1.29 is 19.7 Å². The van der Waals surface area contributed by atoms with Crippen LogP contribution < -0.4 is 10.1 Å². The van der Waals surface area contributed by atoms with E-state index >= 15 is 0 Å². The molecular weight excluding hydrogens is 274 g/mol. The average Bonchev–Trinajstić information content (AvgIpc) is 2.47. The van der Waals surface area contributed by atoms with Gasteiger partial charge in [0, 0.05) is 19.7 Å². The number of methoxy groups -OCH3 is 2. The summed E-state index contributed by atoms with van der Waals surface area (Å²) in [7, 11) is 3.06. The predicted octanol–water partition coefficient (Wildman–Crippen LogP) is 1.65. The fourth-order valence-electron chi connectivity index (χ4n) is 1.78. The summed E-state index contributed by atoms with van der Waals surface area (Å²) in [5.41, 5.74) is 0.392. The lowest BCUT2D eigenvalue weighted by Crippen LogP contribution is -2.06. The maximum absolute atomic E-state index is 9.73. The Labute approximate surface area is 122 Å². The molecule has 21 heavy (non-hydrogen) atoms. The van der Waals surface area contributed by atoms with Gasteiger partial charge in [0.25, 0.3) is 0 Å². The van der Waals surface area contributed by atoms with E-state index in [-0.39, 0.29) is 24.7 Å². The van der Waals surface area contributed by atoms with Gasteiger partial charge in [-0.3, -0.25) is 0 Å². The number of nitrogens with zero attached hydrogens (tertiary/aromatic N) is 2. The lowest BCUT2D eigenvalue weighted by Gasteiger charge is -2.11. The number of phenolic OH excluding ortho intramolecular Hbond substituents is 2. The molecule has 0 saturated heterocycles. The van der Waals surface area contributed by atoms with Crippen molar-refractivity contribution in [3.63, 3.8) is 0 Å². The van der Waals surface area contributed by atoms with Crippen molar-refractivity contribution in [2.75, 3.05) is 19.5 Å². The SMILES string of the molecule is COCc1nc(NCc2c(O)cccc2O)cc(OC)n1. The molecule has 0 atom stereocenters. The van der Waals surface area contributed by atoms with Crippen molar-refractivity contribution in [2.45, 2.75) is 13.2 Å². The summed E-state index contributed by atoms with van der Waals surface area (Å²) in [4.78, 5) is 8.39. The predicted molar refractivity (Wildman–Crippen MR) is 76.4 cm³/mol. The first kappa shape index (κ1) is 14.9. The Bertz CT molecular complexity index is 599. The van der Waals surface area contributed by atoms with E-state index in [1.165, 1.54) is 19.2 Å². The topological polar surface area (TPSA) is 96.7 Å². The highest BCUT2D eigenvalue weighted by molar-refractivity contribution is 5.46. The van der Waals surface area contributed by atoms with Crippen LogP contribution in [-0.4, -0.2) is 34.4 Å². The van der Waals surface area contributed by atoms with Crippen LogP contribution in [0.3, 0.4) is 0 Å². The Balaban J connectivity index is 2.17. The summed E-state index contributed by atoms with van der Waals surface area (Å²) in [5, 5.41) is 22.5. The zero-order valence-corrected chi connectivity index (χ0v) is 11.8. The van der Waals surface area contributed by atoms with Gasteiger partial charge in [0.15, 0.2) is 5.82 Å². The Kier molecular flexibility index (Phi) is 4.78. The van der Waals surface area contributed by atoms with E-state index in [0.29, 0.717) is 23.1 Å². The maximum atomic E-state index is 9.73. The Morgan fingerprint density at radius 1 is 1.14 bits per heavy atom. The second-order valence-electron chi connectivity index (χ2n) is 4.27. The molecular formula is C14H17N3O4. The van der Waals surface area contributed by atoms with Gasteiger partial charge in [-0.05, 0) is 12.1 Å². The van der Waals surface area contributed by atoms with Crippen LogP contribution in [0.1, 0.15) is 11.4 Å². The number of ether oxygens (including phenoxy) is 2. The van der Waals surface area contributed by atoms with Gasteiger partial charge in [-0.2, -0.15) is 4.98 Å². The summed E-state index contributed by atoms with van der Waals surface area (Å²) in [5.74, 6) is 1.42. The van der Waals surface area contributed by atoms with Crippen molar-refractivity contribution in [3.05, 3.63) is 35.7 Å². The minimum Gasteiger partial charge on any atom is -0.507 e. The molecule has 2 aromatic rings. The minimum atomic E-state index is 0.0145. The summed E-state index contributed by atoms with van der Waals surface area (Å²) < 4.78 is 10.1. The second-order valence-corrected chi connectivity index (χ2v) is 4.27. The monoisotopic (exact) mass is 291 g/mol. The molecule has 0 unspecified atom stereocenters. The van der Waals surface area contributed by atoms with E-state index in [0.717, 1.165) is 0 Å². The molecule has 1 aromatic carbocycles. The summed E-state index contributed by atoms with van der Waals surface area (Å²) in [6.45, 7) is 0.471. The Morgan fingerprint density at radius 3 is 2.48 bits per heavy atom. The Hall–Kier alpha value is -2.54. The van der Waals surface area contributed by atoms with Crippen LogP contribution in [0, 0.1) is 0 Å². The van der Waals surface area contributed by atoms with Crippen LogP contribution in [0.2, 0.25) is 0 Å². The molecule has 0 amide bonds.